The highest BCUT2D eigenvalue weighted by atomic mass is 79.9. The molecule has 1 amide bonds. The Morgan fingerprint density at radius 2 is 1.81 bits per heavy atom. The monoisotopic (exact) mass is 367 g/mol. The lowest BCUT2D eigenvalue weighted by atomic mass is 10.1. The van der Waals surface area contributed by atoms with Crippen LogP contribution < -0.4 is 0 Å². The van der Waals surface area contributed by atoms with Crippen molar-refractivity contribution in [3.05, 3.63) is 35.4 Å². The summed E-state index contributed by atoms with van der Waals surface area (Å²) in [5, 5.41) is 0.00459. The van der Waals surface area contributed by atoms with Crippen molar-refractivity contribution < 1.29 is 27.5 Å². The highest BCUT2D eigenvalue weighted by molar-refractivity contribution is 9.09. The van der Waals surface area contributed by atoms with Crippen LogP contribution in [-0.2, 0) is 27.0 Å². The summed E-state index contributed by atoms with van der Waals surface area (Å²) < 4.78 is 41.8. The number of ether oxygens (including phenoxy) is 1. The molecule has 4 nitrogen and oxygen atoms in total. The molecule has 0 unspecified atom stereocenters. The van der Waals surface area contributed by atoms with Gasteiger partial charge in [-0.2, -0.15) is 13.2 Å². The van der Waals surface area contributed by atoms with Crippen molar-refractivity contribution in [2.75, 3.05) is 19.0 Å². The fourth-order valence-electron chi connectivity index (χ4n) is 1.56. The zero-order valence-corrected chi connectivity index (χ0v) is 12.7. The summed E-state index contributed by atoms with van der Waals surface area (Å²) in [6.45, 7) is -0.236. The Kier molecular flexibility index (Phi) is 6.19. The van der Waals surface area contributed by atoms with Crippen molar-refractivity contribution in [2.24, 2.45) is 0 Å². The van der Waals surface area contributed by atoms with E-state index < -0.39 is 17.7 Å². The number of carbonyl (C=O) groups is 2. The van der Waals surface area contributed by atoms with Gasteiger partial charge in [-0.1, -0.05) is 28.1 Å². The van der Waals surface area contributed by atoms with Crippen molar-refractivity contribution in [1.29, 1.82) is 0 Å². The van der Waals surface area contributed by atoms with Gasteiger partial charge in [0.2, 0.25) is 5.91 Å². The average molecular weight is 368 g/mol. The molecule has 0 radical (unpaired) electrons. The summed E-state index contributed by atoms with van der Waals surface area (Å²) in [6, 6.07) is 4.41. The van der Waals surface area contributed by atoms with E-state index in [0.717, 1.165) is 12.1 Å². The first-order valence-electron chi connectivity index (χ1n) is 5.84. The number of rotatable bonds is 5. The molecule has 0 heterocycles. The lowest BCUT2D eigenvalue weighted by Gasteiger charge is -2.20. The van der Waals surface area contributed by atoms with Crippen LogP contribution in [0, 0.1) is 0 Å². The number of nitrogens with zero attached hydrogens (tertiary/aromatic N) is 1. The van der Waals surface area contributed by atoms with Crippen LogP contribution in [-0.4, -0.2) is 35.8 Å². The third kappa shape index (κ3) is 5.37. The van der Waals surface area contributed by atoms with E-state index in [-0.39, 0.29) is 24.3 Å². The minimum Gasteiger partial charge on any atom is -0.468 e. The largest absolute Gasteiger partial charge is 0.468 e. The topological polar surface area (TPSA) is 46.6 Å². The van der Waals surface area contributed by atoms with Crippen LogP contribution in [0.1, 0.15) is 11.1 Å². The summed E-state index contributed by atoms with van der Waals surface area (Å²) >= 11 is 2.99. The molecule has 1 aromatic rings. The normalized spacial score (nSPS) is 11.1. The van der Waals surface area contributed by atoms with Gasteiger partial charge >= 0.3 is 12.1 Å². The van der Waals surface area contributed by atoms with Gasteiger partial charge in [-0.25, -0.2) is 0 Å². The van der Waals surface area contributed by atoms with Gasteiger partial charge in [0.05, 0.1) is 18.0 Å². The predicted octanol–water partition coefficient (Wildman–Crippen LogP) is 2.60. The number of methoxy groups -OCH3 is 1. The molecule has 116 valence electrons. The van der Waals surface area contributed by atoms with E-state index in [0.29, 0.717) is 5.56 Å². The van der Waals surface area contributed by atoms with Crippen LogP contribution in [0.15, 0.2) is 24.3 Å². The number of hydrogen-bond donors (Lipinski definition) is 0. The molecule has 1 rings (SSSR count). The first kappa shape index (κ1) is 17.5. The molecule has 0 aliphatic rings. The highest BCUT2D eigenvalue weighted by Crippen LogP contribution is 2.29. The summed E-state index contributed by atoms with van der Waals surface area (Å²) in [4.78, 5) is 24.1. The third-order valence-electron chi connectivity index (χ3n) is 2.67. The second-order valence-electron chi connectivity index (χ2n) is 4.15. The Bertz CT molecular complexity index is 502. The van der Waals surface area contributed by atoms with Crippen molar-refractivity contribution in [2.45, 2.75) is 12.7 Å². The van der Waals surface area contributed by atoms with Crippen LogP contribution in [0.2, 0.25) is 0 Å². The summed E-state index contributed by atoms with van der Waals surface area (Å²) in [5.41, 5.74) is -0.279. The molecule has 0 spiro atoms. The van der Waals surface area contributed by atoms with Crippen LogP contribution in [0.3, 0.4) is 0 Å². The number of esters is 1. The zero-order chi connectivity index (χ0) is 16.0. The second-order valence-corrected chi connectivity index (χ2v) is 4.71. The third-order valence-corrected chi connectivity index (χ3v) is 3.15. The fourth-order valence-corrected chi connectivity index (χ4v) is 1.91. The number of benzene rings is 1. The van der Waals surface area contributed by atoms with Gasteiger partial charge in [0.1, 0.15) is 6.54 Å². The molecule has 21 heavy (non-hydrogen) atoms. The maximum atomic E-state index is 12.5. The maximum absolute atomic E-state index is 12.5. The van der Waals surface area contributed by atoms with Crippen molar-refractivity contribution in [1.82, 2.24) is 4.90 Å². The maximum Gasteiger partial charge on any atom is 0.416 e. The van der Waals surface area contributed by atoms with Gasteiger partial charge < -0.3 is 9.64 Å². The minimum atomic E-state index is -4.41. The molecule has 0 aromatic heterocycles. The van der Waals surface area contributed by atoms with E-state index in [1.54, 1.807) is 0 Å². The highest BCUT2D eigenvalue weighted by Gasteiger charge is 2.30. The van der Waals surface area contributed by atoms with Gasteiger partial charge in [0.15, 0.2) is 0 Å². The van der Waals surface area contributed by atoms with E-state index in [1.165, 1.54) is 24.1 Å². The Labute approximate surface area is 128 Å². The summed E-state index contributed by atoms with van der Waals surface area (Å²) in [7, 11) is 1.19. The average Bonchev–Trinajstić information content (AvgIpc) is 2.45. The lowest BCUT2D eigenvalue weighted by Crippen LogP contribution is -2.36. The van der Waals surface area contributed by atoms with Crippen LogP contribution >= 0.6 is 15.9 Å². The summed E-state index contributed by atoms with van der Waals surface area (Å²) in [6.07, 6.45) is -4.41. The standard InChI is InChI=1S/C13H13BrF3NO3/c1-21-12(20)8-18(11(19)6-14)7-9-2-4-10(5-3-9)13(15,16)17/h2-5H,6-8H2,1H3. The predicted molar refractivity (Wildman–Crippen MR) is 72.7 cm³/mol. The number of halogens is 4. The van der Waals surface area contributed by atoms with E-state index in [9.17, 15) is 22.8 Å². The second kappa shape index (κ2) is 7.44. The van der Waals surface area contributed by atoms with Gasteiger partial charge in [-0.05, 0) is 17.7 Å². The van der Waals surface area contributed by atoms with Gasteiger partial charge in [-0.15, -0.1) is 0 Å². The quantitative estimate of drug-likeness (QED) is 0.593. The number of hydrogen-bond acceptors (Lipinski definition) is 3. The molecule has 0 saturated carbocycles. The number of amides is 1. The molecular weight excluding hydrogens is 355 g/mol. The SMILES string of the molecule is COC(=O)CN(Cc1ccc(C(F)(F)F)cc1)C(=O)CBr. The first-order chi connectivity index (χ1) is 9.77. The molecular formula is C13H13BrF3NO3. The van der Waals surface area contributed by atoms with Gasteiger partial charge in [0.25, 0.3) is 0 Å². The first-order valence-corrected chi connectivity index (χ1v) is 6.96. The number of carbonyl (C=O) groups excluding carboxylic acids is 2. The molecule has 0 bridgehead atoms. The van der Waals surface area contributed by atoms with E-state index >= 15 is 0 Å². The molecule has 0 N–H and O–H groups in total. The molecule has 0 atom stereocenters. The summed E-state index contributed by atoms with van der Waals surface area (Å²) in [5.74, 6) is -0.962. The van der Waals surface area contributed by atoms with Crippen molar-refractivity contribution in [3.8, 4) is 0 Å². The lowest BCUT2D eigenvalue weighted by molar-refractivity contribution is -0.146. The van der Waals surface area contributed by atoms with Crippen LogP contribution in [0.5, 0.6) is 0 Å². The molecule has 1 aromatic carbocycles. The smallest absolute Gasteiger partial charge is 0.416 e. The molecule has 0 fully saturated rings. The van der Waals surface area contributed by atoms with Crippen molar-refractivity contribution in [3.63, 3.8) is 0 Å². The van der Waals surface area contributed by atoms with Crippen LogP contribution in [0.4, 0.5) is 13.2 Å². The Balaban J connectivity index is 2.83. The van der Waals surface area contributed by atoms with Gasteiger partial charge in [0, 0.05) is 6.54 Å². The fraction of sp³-hybridized carbons (Fsp3) is 0.385. The van der Waals surface area contributed by atoms with Crippen molar-refractivity contribution >= 4 is 27.8 Å². The van der Waals surface area contributed by atoms with Gasteiger partial charge in [-0.3, -0.25) is 9.59 Å². The number of alkyl halides is 4. The van der Waals surface area contributed by atoms with E-state index in [1.807, 2.05) is 0 Å². The minimum absolute atomic E-state index is 0.00459. The van der Waals surface area contributed by atoms with Crippen LogP contribution in [0.25, 0.3) is 0 Å². The van der Waals surface area contributed by atoms with E-state index in [4.69, 9.17) is 0 Å². The Morgan fingerprint density at radius 3 is 2.24 bits per heavy atom. The zero-order valence-electron chi connectivity index (χ0n) is 11.1. The molecule has 0 aliphatic carbocycles. The molecule has 8 heteroatoms. The molecule has 0 saturated heterocycles. The molecule has 0 aliphatic heterocycles. The Morgan fingerprint density at radius 1 is 1.24 bits per heavy atom. The van der Waals surface area contributed by atoms with E-state index in [2.05, 4.69) is 20.7 Å². The Hall–Kier alpha value is -1.57.